The van der Waals surface area contributed by atoms with E-state index in [1.165, 1.54) is 39.8 Å². The van der Waals surface area contributed by atoms with Crippen LogP contribution in [0.2, 0.25) is 0 Å². The van der Waals surface area contributed by atoms with Crippen molar-refractivity contribution in [3.63, 3.8) is 0 Å². The highest BCUT2D eigenvalue weighted by molar-refractivity contribution is 5.93. The number of fused-ring (bicyclic) bond motifs is 1. The highest BCUT2D eigenvalue weighted by Crippen LogP contribution is 2.44. The second-order valence-electron chi connectivity index (χ2n) is 14.0. The smallest absolute Gasteiger partial charge is 0.0122 e. The first kappa shape index (κ1) is 24.4. The maximum atomic E-state index is 2.60. The molecule has 0 heteroatoms. The zero-order chi connectivity index (χ0) is 27.0. The average Bonchev–Trinajstić information content (AvgIpc) is 2.98. The molecule has 0 aliphatic heterocycles. The first-order valence-electron chi connectivity index (χ1n) is 15.6. The fourth-order valence-corrected chi connectivity index (χ4v) is 8.39. The summed E-state index contributed by atoms with van der Waals surface area (Å²) in [5.41, 5.74) is 11.2. The van der Waals surface area contributed by atoms with E-state index in [9.17, 15) is 0 Å². The molecule has 0 saturated heterocycles. The molecule has 0 fully saturated rings. The summed E-state index contributed by atoms with van der Waals surface area (Å²) in [6.45, 7) is 7.22. The lowest BCUT2D eigenvalue weighted by molar-refractivity contribution is 0.274. The van der Waals surface area contributed by atoms with Gasteiger partial charge < -0.3 is 0 Å². The standard InChI is InChI=1S/C40H40/c1-40(2,3)33-23-31-16-11-26-17-19-36(37-20-18-32(24-33)38(31)39(26)37)30-15-13-27-21-29(14-12-28(27)22-30)35-10-6-8-25-7-4-5-9-34(25)35/h4-11,16-17,19-23,25,32-34H,12-15,18,24H2,1-3H3. The van der Waals surface area contributed by atoms with Gasteiger partial charge >= 0.3 is 0 Å². The minimum atomic E-state index is 0.317. The Morgan fingerprint density at radius 1 is 0.775 bits per heavy atom. The van der Waals surface area contributed by atoms with E-state index in [-0.39, 0.29) is 0 Å². The molecule has 0 nitrogen and oxygen atoms in total. The van der Waals surface area contributed by atoms with Crippen molar-refractivity contribution in [1.82, 2.24) is 0 Å². The molecule has 0 heterocycles. The van der Waals surface area contributed by atoms with Crippen LogP contribution in [0, 0.1) is 23.2 Å². The van der Waals surface area contributed by atoms with Crippen molar-refractivity contribution in [2.24, 2.45) is 23.2 Å². The van der Waals surface area contributed by atoms with Gasteiger partial charge in [-0.15, -0.1) is 0 Å². The molecule has 6 aliphatic carbocycles. The lowest BCUT2D eigenvalue weighted by Crippen LogP contribution is -2.33. The number of benzene rings is 2. The lowest BCUT2D eigenvalue weighted by Gasteiger charge is -2.37. The molecular formula is C40H40. The molecule has 2 aromatic rings. The van der Waals surface area contributed by atoms with Gasteiger partial charge in [0.05, 0.1) is 0 Å². The third-order valence-corrected chi connectivity index (χ3v) is 10.6. The molecule has 8 rings (SSSR count). The van der Waals surface area contributed by atoms with E-state index < -0.39 is 0 Å². The number of hydrogen-bond donors (Lipinski definition) is 0. The van der Waals surface area contributed by atoms with E-state index in [1.807, 2.05) is 0 Å². The van der Waals surface area contributed by atoms with Crippen molar-refractivity contribution in [3.8, 4) is 0 Å². The van der Waals surface area contributed by atoms with Crippen LogP contribution >= 0.6 is 0 Å². The van der Waals surface area contributed by atoms with Gasteiger partial charge in [0.25, 0.3) is 0 Å². The van der Waals surface area contributed by atoms with E-state index in [4.69, 9.17) is 0 Å². The topological polar surface area (TPSA) is 0 Å². The third kappa shape index (κ3) is 3.87. The SMILES string of the molecule is CC(C)(C)C1C=c2ccc3ccc(C4=CC5=C(C=C(C6=CC=CC7C=CC=CC67)CC5)CC4)c4c3c2C(CC=4)C1. The second kappa shape index (κ2) is 9.07. The molecular weight excluding hydrogens is 480 g/mol. The Labute approximate surface area is 239 Å². The quantitative estimate of drug-likeness (QED) is 0.371. The Bertz CT molecular complexity index is 1780. The normalized spacial score (nSPS) is 28.2. The first-order valence-corrected chi connectivity index (χ1v) is 15.6. The molecule has 0 spiro atoms. The van der Waals surface area contributed by atoms with Gasteiger partial charge in [-0.25, -0.2) is 0 Å². The Kier molecular flexibility index (Phi) is 5.54. The van der Waals surface area contributed by atoms with Crippen LogP contribution in [-0.2, 0) is 0 Å². The van der Waals surface area contributed by atoms with Gasteiger partial charge in [-0.1, -0.05) is 112 Å². The van der Waals surface area contributed by atoms with Gasteiger partial charge in [0.2, 0.25) is 0 Å². The lowest BCUT2D eigenvalue weighted by atomic mass is 9.68. The number of allylic oxidation sites excluding steroid dienone is 14. The van der Waals surface area contributed by atoms with Crippen LogP contribution in [-0.4, -0.2) is 0 Å². The van der Waals surface area contributed by atoms with E-state index in [0.717, 1.165) is 25.7 Å². The summed E-state index contributed by atoms with van der Waals surface area (Å²) in [7, 11) is 0. The Hall–Kier alpha value is -3.38. The van der Waals surface area contributed by atoms with Crippen molar-refractivity contribution < 1.29 is 0 Å². The summed E-state index contributed by atoms with van der Waals surface area (Å²) in [4.78, 5) is 0. The molecule has 4 atom stereocenters. The monoisotopic (exact) mass is 520 g/mol. The molecule has 2 aromatic carbocycles. The Balaban J connectivity index is 1.18. The summed E-state index contributed by atoms with van der Waals surface area (Å²) in [6.07, 6.45) is 33.6. The van der Waals surface area contributed by atoms with Crippen LogP contribution in [0.1, 0.15) is 76.3 Å². The molecule has 0 saturated carbocycles. The zero-order valence-corrected chi connectivity index (χ0v) is 24.2. The fraction of sp³-hybridized carbons (Fsp3) is 0.350. The summed E-state index contributed by atoms with van der Waals surface area (Å²) in [6, 6.07) is 9.60. The predicted octanol–water partition coefficient (Wildman–Crippen LogP) is 9.00. The first-order chi connectivity index (χ1) is 19.4. The van der Waals surface area contributed by atoms with Crippen LogP contribution < -0.4 is 10.4 Å². The summed E-state index contributed by atoms with van der Waals surface area (Å²) in [5.74, 6) is 2.32. The van der Waals surface area contributed by atoms with Crippen LogP contribution in [0.25, 0.3) is 28.5 Å². The maximum absolute atomic E-state index is 2.60. The average molecular weight is 521 g/mol. The van der Waals surface area contributed by atoms with Crippen molar-refractivity contribution in [2.75, 3.05) is 0 Å². The van der Waals surface area contributed by atoms with Crippen LogP contribution in [0.15, 0.2) is 101 Å². The Morgan fingerprint density at radius 2 is 1.52 bits per heavy atom. The van der Waals surface area contributed by atoms with Crippen molar-refractivity contribution >= 4 is 28.5 Å². The van der Waals surface area contributed by atoms with E-state index in [2.05, 4.69) is 112 Å². The van der Waals surface area contributed by atoms with Gasteiger partial charge in [0.1, 0.15) is 0 Å². The third-order valence-electron chi connectivity index (χ3n) is 10.6. The summed E-state index contributed by atoms with van der Waals surface area (Å²) >= 11 is 0. The summed E-state index contributed by atoms with van der Waals surface area (Å²) < 4.78 is 0. The molecule has 200 valence electrons. The van der Waals surface area contributed by atoms with E-state index in [0.29, 0.717) is 29.1 Å². The molecule has 6 aliphatic rings. The van der Waals surface area contributed by atoms with E-state index >= 15 is 0 Å². The number of rotatable bonds is 2. The zero-order valence-electron chi connectivity index (χ0n) is 24.2. The van der Waals surface area contributed by atoms with Gasteiger partial charge in [-0.2, -0.15) is 0 Å². The highest BCUT2D eigenvalue weighted by Gasteiger charge is 2.33. The maximum Gasteiger partial charge on any atom is 0.0122 e. The predicted molar refractivity (Wildman–Crippen MR) is 171 cm³/mol. The van der Waals surface area contributed by atoms with Crippen molar-refractivity contribution in [1.29, 1.82) is 0 Å². The molecule has 0 bridgehead atoms. The largest absolute Gasteiger partial charge is 0.0767 e. The van der Waals surface area contributed by atoms with Crippen LogP contribution in [0.4, 0.5) is 0 Å². The molecule has 0 N–H and O–H groups in total. The van der Waals surface area contributed by atoms with Crippen molar-refractivity contribution in [3.05, 3.63) is 123 Å². The van der Waals surface area contributed by atoms with Gasteiger partial charge in [0, 0.05) is 11.8 Å². The number of hydrogen-bond acceptors (Lipinski definition) is 0. The van der Waals surface area contributed by atoms with E-state index in [1.54, 1.807) is 33.2 Å². The minimum absolute atomic E-state index is 0.317. The van der Waals surface area contributed by atoms with Gasteiger partial charge in [0.15, 0.2) is 0 Å². The highest BCUT2D eigenvalue weighted by atomic mass is 14.4. The molecule has 0 aromatic heterocycles. The molecule has 4 unspecified atom stereocenters. The van der Waals surface area contributed by atoms with Gasteiger partial charge in [-0.05, 0) is 116 Å². The van der Waals surface area contributed by atoms with Crippen LogP contribution in [0.5, 0.6) is 0 Å². The Morgan fingerprint density at radius 3 is 2.38 bits per heavy atom. The minimum Gasteiger partial charge on any atom is -0.0767 e. The van der Waals surface area contributed by atoms with Crippen LogP contribution in [0.3, 0.4) is 0 Å². The van der Waals surface area contributed by atoms with Gasteiger partial charge in [-0.3, -0.25) is 0 Å². The molecule has 40 heavy (non-hydrogen) atoms. The fourth-order valence-electron chi connectivity index (χ4n) is 8.39. The molecule has 0 radical (unpaired) electrons. The second-order valence-corrected chi connectivity index (χ2v) is 14.0. The summed E-state index contributed by atoms with van der Waals surface area (Å²) in [5, 5.41) is 5.98. The van der Waals surface area contributed by atoms with Crippen molar-refractivity contribution in [2.45, 2.75) is 65.2 Å². The molecule has 0 amide bonds.